The molecule has 0 aliphatic heterocycles. The molecule has 0 unspecified atom stereocenters. The van der Waals surface area contributed by atoms with Crippen molar-refractivity contribution in [1.82, 2.24) is 9.78 Å². The van der Waals surface area contributed by atoms with Crippen LogP contribution in [0.1, 0.15) is 44.5 Å². The van der Waals surface area contributed by atoms with Gasteiger partial charge in [0.05, 0.1) is 12.1 Å². The molecule has 0 atom stereocenters. The molecule has 1 heterocycles. The zero-order valence-corrected chi connectivity index (χ0v) is 22.9. The van der Waals surface area contributed by atoms with Crippen LogP contribution >= 0.6 is 11.6 Å². The fraction of sp³-hybridized carbons (Fsp3) is 0.320. The summed E-state index contributed by atoms with van der Waals surface area (Å²) in [6, 6.07) is 14.9. The van der Waals surface area contributed by atoms with Gasteiger partial charge in [0.15, 0.2) is 5.75 Å². The van der Waals surface area contributed by atoms with Crippen LogP contribution in [-0.4, -0.2) is 14.9 Å². The minimum Gasteiger partial charge on any atom is -0.505 e. The van der Waals surface area contributed by atoms with E-state index in [4.69, 9.17) is 11.6 Å². The molecule has 0 spiro atoms. The van der Waals surface area contributed by atoms with Crippen molar-refractivity contribution in [2.24, 2.45) is 5.92 Å². The van der Waals surface area contributed by atoms with Gasteiger partial charge in [-0.25, -0.2) is 4.68 Å². The third-order valence-corrected chi connectivity index (χ3v) is 4.67. The summed E-state index contributed by atoms with van der Waals surface area (Å²) in [5.41, 5.74) is 3.07. The van der Waals surface area contributed by atoms with Crippen LogP contribution in [0.4, 0.5) is 0 Å². The van der Waals surface area contributed by atoms with Crippen LogP contribution in [-0.2, 0) is 45.7 Å². The third-order valence-electron chi connectivity index (χ3n) is 4.44. The molecule has 3 aromatic rings. The first-order chi connectivity index (χ1) is 13.9. The summed E-state index contributed by atoms with van der Waals surface area (Å²) in [4.78, 5) is 13.2. The number of nitrogens with zero attached hydrogens (tertiary/aromatic N) is 2. The number of hydrogen-bond donors (Lipinski definition) is 1. The second kappa shape index (κ2) is 13.8. The van der Waals surface area contributed by atoms with E-state index in [2.05, 4.69) is 18.9 Å². The SMILES string of the molecule is CC.Cc1ccccc1-c1c(O)c(CC(C)C)nn(Cc2cccc(Cl)c2)c1=O.[CH3-].[Y]. The minimum absolute atomic E-state index is 0. The van der Waals surface area contributed by atoms with E-state index in [1.165, 1.54) is 4.68 Å². The number of halogens is 1. The maximum atomic E-state index is 13.2. The quantitative estimate of drug-likeness (QED) is 0.405. The Morgan fingerprint density at radius 2 is 1.74 bits per heavy atom. The van der Waals surface area contributed by atoms with Crippen molar-refractivity contribution in [2.45, 2.75) is 47.6 Å². The van der Waals surface area contributed by atoms with Crippen molar-refractivity contribution < 1.29 is 37.8 Å². The zero-order valence-electron chi connectivity index (χ0n) is 19.3. The molecule has 4 nitrogen and oxygen atoms in total. The molecule has 3 rings (SSSR count). The first kappa shape index (κ1) is 29.5. The van der Waals surface area contributed by atoms with Gasteiger partial charge in [-0.15, -0.1) is 0 Å². The van der Waals surface area contributed by atoms with Crippen molar-refractivity contribution in [1.29, 1.82) is 0 Å². The fourth-order valence-corrected chi connectivity index (χ4v) is 3.36. The summed E-state index contributed by atoms with van der Waals surface area (Å²) < 4.78 is 1.42. The predicted octanol–water partition coefficient (Wildman–Crippen LogP) is 6.30. The minimum atomic E-state index is -0.311. The van der Waals surface area contributed by atoms with Gasteiger partial charge in [-0.1, -0.05) is 75.7 Å². The number of aromatic nitrogens is 2. The van der Waals surface area contributed by atoms with Gasteiger partial charge >= 0.3 is 0 Å². The Labute approximate surface area is 216 Å². The van der Waals surface area contributed by atoms with Crippen LogP contribution in [0.3, 0.4) is 0 Å². The fourth-order valence-electron chi connectivity index (χ4n) is 3.15. The summed E-state index contributed by atoms with van der Waals surface area (Å²) in [6.45, 7) is 10.3. The molecular formula is C25H32ClN2O2Y-. The topological polar surface area (TPSA) is 55.1 Å². The van der Waals surface area contributed by atoms with E-state index in [1.807, 2.05) is 63.2 Å². The smallest absolute Gasteiger partial charge is 0.278 e. The van der Waals surface area contributed by atoms with Gasteiger partial charge in [-0.3, -0.25) is 4.79 Å². The van der Waals surface area contributed by atoms with E-state index >= 15 is 0 Å². The van der Waals surface area contributed by atoms with E-state index in [0.29, 0.717) is 35.2 Å². The van der Waals surface area contributed by atoms with Crippen LogP contribution in [0.2, 0.25) is 5.02 Å². The average molecular weight is 517 g/mol. The van der Waals surface area contributed by atoms with E-state index in [1.54, 1.807) is 6.07 Å². The summed E-state index contributed by atoms with van der Waals surface area (Å²) in [5.74, 6) is 0.274. The number of rotatable bonds is 5. The molecular weight excluding hydrogens is 485 g/mol. The number of aromatic hydroxyl groups is 1. The molecule has 1 N–H and O–H groups in total. The van der Waals surface area contributed by atoms with Gasteiger partial charge in [0.2, 0.25) is 0 Å². The van der Waals surface area contributed by atoms with E-state index in [9.17, 15) is 9.90 Å². The normalized spacial score (nSPS) is 9.90. The number of hydrogen-bond acceptors (Lipinski definition) is 3. The van der Waals surface area contributed by atoms with Gasteiger partial charge in [0.25, 0.3) is 5.56 Å². The summed E-state index contributed by atoms with van der Waals surface area (Å²) in [5, 5.41) is 15.9. The Balaban J connectivity index is 0.00000219. The zero-order chi connectivity index (χ0) is 21.6. The molecule has 0 fully saturated rings. The predicted molar refractivity (Wildman–Crippen MR) is 127 cm³/mol. The first-order valence-electron chi connectivity index (χ1n) is 10.00. The molecule has 31 heavy (non-hydrogen) atoms. The Morgan fingerprint density at radius 1 is 1.10 bits per heavy atom. The maximum Gasteiger partial charge on any atom is 0.278 e. The molecule has 2 aromatic carbocycles. The number of aryl methyl sites for hydroxylation is 1. The number of benzene rings is 2. The summed E-state index contributed by atoms with van der Waals surface area (Å²) >= 11 is 6.08. The Hall–Kier alpha value is -1.49. The Kier molecular flexibility index (Phi) is 13.2. The van der Waals surface area contributed by atoms with Crippen LogP contribution in [0.25, 0.3) is 11.1 Å². The van der Waals surface area contributed by atoms with Gasteiger partial charge in [-0.2, -0.15) is 5.10 Å². The van der Waals surface area contributed by atoms with Crippen molar-refractivity contribution in [2.75, 3.05) is 0 Å². The molecule has 0 saturated heterocycles. The molecule has 0 aliphatic carbocycles. The van der Waals surface area contributed by atoms with Crippen molar-refractivity contribution in [3.05, 3.63) is 88.2 Å². The molecule has 0 aliphatic rings. The van der Waals surface area contributed by atoms with Gasteiger partial charge in [-0.05, 0) is 48.1 Å². The third kappa shape index (κ3) is 7.55. The molecule has 0 saturated carbocycles. The van der Waals surface area contributed by atoms with Gasteiger partial charge in [0, 0.05) is 37.7 Å². The van der Waals surface area contributed by atoms with Crippen molar-refractivity contribution in [3.8, 4) is 16.9 Å². The van der Waals surface area contributed by atoms with Crippen LogP contribution < -0.4 is 5.56 Å². The molecule has 165 valence electrons. The van der Waals surface area contributed by atoms with E-state index in [0.717, 1.165) is 16.7 Å². The first-order valence-corrected chi connectivity index (χ1v) is 10.4. The average Bonchev–Trinajstić information content (AvgIpc) is 2.68. The van der Waals surface area contributed by atoms with Crippen LogP contribution in [0.5, 0.6) is 5.75 Å². The van der Waals surface area contributed by atoms with Crippen molar-refractivity contribution >= 4 is 11.6 Å². The summed E-state index contributed by atoms with van der Waals surface area (Å²) in [6.07, 6.45) is 0.584. The molecule has 1 radical (unpaired) electrons. The monoisotopic (exact) mass is 516 g/mol. The van der Waals surface area contributed by atoms with E-state index < -0.39 is 0 Å². The Morgan fingerprint density at radius 3 is 2.32 bits per heavy atom. The Bertz CT molecular complexity index is 1030. The standard InChI is InChI=1S/C22H23ClN2O2.C2H6.CH3.Y/c1-14(2)11-19-21(26)20(18-10-5-4-7-15(18)3)22(27)25(24-19)13-16-8-6-9-17(23)12-16;1-2;;/h4-10,12,14,26H,11,13H2,1-3H3;1-2H3;1H3;/q;;-1;. The summed E-state index contributed by atoms with van der Waals surface area (Å²) in [7, 11) is 0. The molecule has 0 bridgehead atoms. The van der Waals surface area contributed by atoms with E-state index in [-0.39, 0.29) is 51.4 Å². The van der Waals surface area contributed by atoms with Gasteiger partial charge in [0.1, 0.15) is 5.69 Å². The van der Waals surface area contributed by atoms with Gasteiger partial charge < -0.3 is 12.5 Å². The van der Waals surface area contributed by atoms with Crippen LogP contribution in [0.15, 0.2) is 53.3 Å². The molecule has 1 aromatic heterocycles. The second-order valence-electron chi connectivity index (χ2n) is 7.18. The largest absolute Gasteiger partial charge is 0.505 e. The second-order valence-corrected chi connectivity index (χ2v) is 7.61. The van der Waals surface area contributed by atoms with Crippen molar-refractivity contribution in [3.63, 3.8) is 0 Å². The maximum absolute atomic E-state index is 13.2. The molecule has 0 amide bonds. The van der Waals surface area contributed by atoms with Crippen LogP contribution in [0, 0.1) is 20.3 Å². The molecule has 6 heteroatoms.